The van der Waals surface area contributed by atoms with Crippen LogP contribution in [-0.2, 0) is 16.0 Å². The minimum Gasteiger partial charge on any atom is -0.469 e. The summed E-state index contributed by atoms with van der Waals surface area (Å²) in [4.78, 5) is 11.0. The van der Waals surface area contributed by atoms with Crippen molar-refractivity contribution in [3.63, 3.8) is 0 Å². The summed E-state index contributed by atoms with van der Waals surface area (Å²) in [6, 6.07) is 5.11. The van der Waals surface area contributed by atoms with Gasteiger partial charge >= 0.3 is 5.97 Å². The molecule has 0 aliphatic heterocycles. The van der Waals surface area contributed by atoms with E-state index in [2.05, 4.69) is 10.2 Å². The van der Waals surface area contributed by atoms with Gasteiger partial charge in [-0.2, -0.15) is 0 Å². The monoisotopic (exact) mass is 195 g/mol. The lowest BCUT2D eigenvalue weighted by molar-refractivity contribution is -0.139. The van der Waals surface area contributed by atoms with E-state index in [-0.39, 0.29) is 12.4 Å². The molecular weight excluding hydrogens is 182 g/mol. The molecule has 1 aromatic carbocycles. The first-order valence-corrected chi connectivity index (χ1v) is 4.09. The highest BCUT2D eigenvalue weighted by molar-refractivity contribution is 5.76. The van der Waals surface area contributed by atoms with E-state index in [1.807, 2.05) is 0 Å². The SMILES string of the molecule is COC(=O)Cc1cc(N)ccc1NN. The van der Waals surface area contributed by atoms with Crippen LogP contribution in [0.5, 0.6) is 0 Å². The number of carbonyl (C=O) groups excluding carboxylic acids is 1. The molecule has 0 heterocycles. The molecule has 76 valence electrons. The molecule has 0 saturated carbocycles. The Bertz CT molecular complexity index is 339. The van der Waals surface area contributed by atoms with Crippen LogP contribution in [0.15, 0.2) is 18.2 Å². The molecule has 5 nitrogen and oxygen atoms in total. The molecule has 0 unspecified atom stereocenters. The lowest BCUT2D eigenvalue weighted by Gasteiger charge is -2.08. The van der Waals surface area contributed by atoms with Gasteiger partial charge in [-0.05, 0) is 23.8 Å². The molecule has 1 aromatic rings. The fourth-order valence-electron chi connectivity index (χ4n) is 1.13. The van der Waals surface area contributed by atoms with E-state index in [4.69, 9.17) is 11.6 Å². The molecule has 0 bridgehead atoms. The van der Waals surface area contributed by atoms with Crippen LogP contribution in [0, 0.1) is 0 Å². The molecule has 5 heteroatoms. The summed E-state index contributed by atoms with van der Waals surface area (Å²) < 4.78 is 4.55. The Labute approximate surface area is 82.0 Å². The number of methoxy groups -OCH3 is 1. The van der Waals surface area contributed by atoms with Gasteiger partial charge in [-0.3, -0.25) is 10.6 Å². The number of hydrogen-bond donors (Lipinski definition) is 3. The van der Waals surface area contributed by atoms with Gasteiger partial charge in [-0.1, -0.05) is 0 Å². The van der Waals surface area contributed by atoms with Gasteiger partial charge in [0, 0.05) is 5.69 Å². The number of nitrogens with two attached hydrogens (primary N) is 2. The minimum atomic E-state index is -0.327. The van der Waals surface area contributed by atoms with Gasteiger partial charge in [-0.15, -0.1) is 0 Å². The van der Waals surface area contributed by atoms with Gasteiger partial charge in [-0.25, -0.2) is 0 Å². The number of rotatable bonds is 3. The van der Waals surface area contributed by atoms with Crippen molar-refractivity contribution in [1.82, 2.24) is 0 Å². The van der Waals surface area contributed by atoms with Crippen molar-refractivity contribution in [1.29, 1.82) is 0 Å². The second kappa shape index (κ2) is 4.48. The first kappa shape index (κ1) is 10.3. The van der Waals surface area contributed by atoms with Gasteiger partial charge < -0.3 is 15.9 Å². The topological polar surface area (TPSA) is 90.4 Å². The summed E-state index contributed by atoms with van der Waals surface area (Å²) >= 11 is 0. The molecule has 0 radical (unpaired) electrons. The third kappa shape index (κ3) is 2.37. The summed E-state index contributed by atoms with van der Waals surface area (Å²) in [6.45, 7) is 0. The number of hydrogen-bond acceptors (Lipinski definition) is 5. The van der Waals surface area contributed by atoms with Crippen LogP contribution in [0.25, 0.3) is 0 Å². The Morgan fingerprint density at radius 1 is 1.57 bits per heavy atom. The number of hydrazine groups is 1. The summed E-state index contributed by atoms with van der Waals surface area (Å²) in [5.41, 5.74) is 10.0. The maximum atomic E-state index is 11.0. The smallest absolute Gasteiger partial charge is 0.310 e. The predicted octanol–water partition coefficient (Wildman–Crippen LogP) is 0.270. The molecule has 5 N–H and O–H groups in total. The third-order valence-corrected chi connectivity index (χ3v) is 1.85. The first-order chi connectivity index (χ1) is 6.67. The molecule has 1 rings (SSSR count). The number of ether oxygens (including phenoxy) is 1. The highest BCUT2D eigenvalue weighted by Gasteiger charge is 2.07. The minimum absolute atomic E-state index is 0.154. The van der Waals surface area contributed by atoms with Crippen LogP contribution in [0.1, 0.15) is 5.56 Å². The second-order valence-electron chi connectivity index (χ2n) is 2.81. The first-order valence-electron chi connectivity index (χ1n) is 4.09. The Kier molecular flexibility index (Phi) is 3.30. The lowest BCUT2D eigenvalue weighted by atomic mass is 10.1. The molecular formula is C9H13N3O2. The van der Waals surface area contributed by atoms with Crippen LogP contribution in [0.2, 0.25) is 0 Å². The number of nitrogen functional groups attached to an aromatic ring is 2. The van der Waals surface area contributed by atoms with Crippen molar-refractivity contribution in [3.8, 4) is 0 Å². The van der Waals surface area contributed by atoms with E-state index in [0.29, 0.717) is 11.4 Å². The number of anilines is 2. The number of carbonyl (C=O) groups is 1. The highest BCUT2D eigenvalue weighted by Crippen LogP contribution is 2.18. The van der Waals surface area contributed by atoms with E-state index in [1.54, 1.807) is 18.2 Å². The normalized spacial score (nSPS) is 9.57. The van der Waals surface area contributed by atoms with Crippen LogP contribution < -0.4 is 17.0 Å². The lowest BCUT2D eigenvalue weighted by Crippen LogP contribution is -2.12. The molecule has 0 aliphatic rings. The van der Waals surface area contributed by atoms with Gasteiger partial charge in [0.15, 0.2) is 0 Å². The maximum Gasteiger partial charge on any atom is 0.310 e. The zero-order valence-electron chi connectivity index (χ0n) is 7.91. The largest absolute Gasteiger partial charge is 0.469 e. The quantitative estimate of drug-likeness (QED) is 0.279. The van der Waals surface area contributed by atoms with Crippen LogP contribution in [-0.4, -0.2) is 13.1 Å². The summed E-state index contributed by atoms with van der Waals surface area (Å²) in [5.74, 6) is 4.95. The number of esters is 1. The van der Waals surface area contributed by atoms with Crippen molar-refractivity contribution in [3.05, 3.63) is 23.8 Å². The average molecular weight is 195 g/mol. The Balaban J connectivity index is 2.93. The van der Waals surface area contributed by atoms with Crippen LogP contribution in [0.4, 0.5) is 11.4 Å². The second-order valence-corrected chi connectivity index (χ2v) is 2.81. The molecule has 0 fully saturated rings. The average Bonchev–Trinajstić information content (AvgIpc) is 2.18. The third-order valence-electron chi connectivity index (χ3n) is 1.85. The van der Waals surface area contributed by atoms with E-state index >= 15 is 0 Å². The van der Waals surface area contributed by atoms with Gasteiger partial charge in [0.2, 0.25) is 0 Å². The van der Waals surface area contributed by atoms with Crippen molar-refractivity contribution in [2.75, 3.05) is 18.3 Å². The van der Waals surface area contributed by atoms with E-state index < -0.39 is 0 Å². The van der Waals surface area contributed by atoms with E-state index in [1.165, 1.54) is 7.11 Å². The van der Waals surface area contributed by atoms with Gasteiger partial charge in [0.05, 0.1) is 19.2 Å². The fraction of sp³-hybridized carbons (Fsp3) is 0.222. The Morgan fingerprint density at radius 3 is 2.86 bits per heavy atom. The van der Waals surface area contributed by atoms with Crippen molar-refractivity contribution in [2.24, 2.45) is 5.84 Å². The Morgan fingerprint density at radius 2 is 2.29 bits per heavy atom. The number of benzene rings is 1. The molecule has 0 aliphatic carbocycles. The maximum absolute atomic E-state index is 11.0. The van der Waals surface area contributed by atoms with E-state index in [9.17, 15) is 4.79 Å². The molecule has 0 atom stereocenters. The van der Waals surface area contributed by atoms with Gasteiger partial charge in [0.25, 0.3) is 0 Å². The molecule has 0 aromatic heterocycles. The fourth-order valence-corrected chi connectivity index (χ4v) is 1.13. The van der Waals surface area contributed by atoms with Gasteiger partial charge in [0.1, 0.15) is 0 Å². The zero-order chi connectivity index (χ0) is 10.6. The summed E-state index contributed by atoms with van der Waals surface area (Å²) in [5, 5.41) is 0. The molecule has 0 saturated heterocycles. The van der Waals surface area contributed by atoms with E-state index in [0.717, 1.165) is 5.56 Å². The molecule has 14 heavy (non-hydrogen) atoms. The standard InChI is InChI=1S/C9H13N3O2/c1-14-9(13)5-6-4-7(10)2-3-8(6)12-11/h2-4,12H,5,10-11H2,1H3. The molecule has 0 amide bonds. The Hall–Kier alpha value is -1.75. The van der Waals surface area contributed by atoms with Crippen LogP contribution >= 0.6 is 0 Å². The summed E-state index contributed by atoms with van der Waals surface area (Å²) in [6.07, 6.45) is 0.154. The molecule has 0 spiro atoms. The van der Waals surface area contributed by atoms with Crippen molar-refractivity contribution >= 4 is 17.3 Å². The van der Waals surface area contributed by atoms with Crippen LogP contribution in [0.3, 0.4) is 0 Å². The number of nitrogens with one attached hydrogen (secondary N) is 1. The zero-order valence-corrected chi connectivity index (χ0v) is 7.91. The predicted molar refractivity (Wildman–Crippen MR) is 54.4 cm³/mol. The van der Waals surface area contributed by atoms with Crippen molar-refractivity contribution < 1.29 is 9.53 Å². The highest BCUT2D eigenvalue weighted by atomic mass is 16.5. The van der Waals surface area contributed by atoms with Crippen molar-refractivity contribution in [2.45, 2.75) is 6.42 Å². The summed E-state index contributed by atoms with van der Waals surface area (Å²) in [7, 11) is 1.34.